The lowest BCUT2D eigenvalue weighted by atomic mass is 9.66. The van der Waals surface area contributed by atoms with Gasteiger partial charge in [0.2, 0.25) is 0 Å². The molecule has 246 valence electrons. The van der Waals surface area contributed by atoms with E-state index in [4.69, 9.17) is 19.7 Å². The molecule has 0 saturated carbocycles. The average Bonchev–Trinajstić information content (AvgIpc) is 3.75. The lowest BCUT2D eigenvalue weighted by Gasteiger charge is -2.39. The van der Waals surface area contributed by atoms with Gasteiger partial charge in [-0.3, -0.25) is 0 Å². The van der Waals surface area contributed by atoms with E-state index >= 15 is 0 Å². The zero-order valence-corrected chi connectivity index (χ0v) is 29.1. The summed E-state index contributed by atoms with van der Waals surface area (Å²) in [6, 6.07) is 58.0. The van der Waals surface area contributed by atoms with E-state index in [0.717, 1.165) is 76.9 Å². The molecule has 10 aromatic rings. The molecule has 0 amide bonds. The minimum atomic E-state index is -0.571. The van der Waals surface area contributed by atoms with Crippen molar-refractivity contribution in [2.24, 2.45) is 0 Å². The van der Waals surface area contributed by atoms with Crippen molar-refractivity contribution in [1.82, 2.24) is 15.0 Å². The molecule has 0 fully saturated rings. The summed E-state index contributed by atoms with van der Waals surface area (Å²) < 4.78 is 8.86. The molecule has 0 N–H and O–H groups in total. The molecule has 0 saturated heterocycles. The standard InChI is InChI=1S/C48H27N3OS/c1-2-16-30-28(14-1)29-15-4-9-24-38(29)49-45(30)47-50-43-32-18-5-12-27-41(32)53-46(43)44(51-47)33-19-13-23-37-42(33)31-17-3-6-20-34(31)48(37)35-21-7-10-25-39(35)52-40-26-11-8-22-36(40)48/h1-27H. The van der Waals surface area contributed by atoms with Crippen molar-refractivity contribution >= 4 is 53.3 Å². The third kappa shape index (κ3) is 3.81. The third-order valence-corrected chi connectivity index (χ3v) is 12.3. The Bertz CT molecular complexity index is 3140. The van der Waals surface area contributed by atoms with Crippen molar-refractivity contribution < 1.29 is 4.74 Å². The highest BCUT2D eigenvalue weighted by molar-refractivity contribution is 7.26. The van der Waals surface area contributed by atoms with E-state index in [0.29, 0.717) is 5.82 Å². The smallest absolute Gasteiger partial charge is 0.180 e. The Morgan fingerprint density at radius 1 is 0.434 bits per heavy atom. The molecule has 0 bridgehead atoms. The Morgan fingerprint density at radius 2 is 1.04 bits per heavy atom. The molecule has 3 aromatic heterocycles. The number of ether oxygens (including phenoxy) is 1. The van der Waals surface area contributed by atoms with Crippen molar-refractivity contribution in [3.8, 4) is 45.4 Å². The molecular weight excluding hydrogens is 667 g/mol. The highest BCUT2D eigenvalue weighted by Crippen LogP contribution is 2.63. The van der Waals surface area contributed by atoms with Gasteiger partial charge in [0.1, 0.15) is 17.2 Å². The van der Waals surface area contributed by atoms with Crippen molar-refractivity contribution in [2.45, 2.75) is 5.41 Å². The minimum absolute atomic E-state index is 0.571. The van der Waals surface area contributed by atoms with Gasteiger partial charge >= 0.3 is 0 Å². The van der Waals surface area contributed by atoms with Crippen LogP contribution in [0.25, 0.3) is 75.9 Å². The van der Waals surface area contributed by atoms with Gasteiger partial charge in [-0.05, 0) is 51.9 Å². The summed E-state index contributed by atoms with van der Waals surface area (Å²) >= 11 is 1.76. The Morgan fingerprint density at radius 3 is 1.85 bits per heavy atom. The second-order valence-electron chi connectivity index (χ2n) is 13.8. The van der Waals surface area contributed by atoms with Gasteiger partial charge in [-0.1, -0.05) is 140 Å². The zero-order chi connectivity index (χ0) is 34.7. The van der Waals surface area contributed by atoms with Crippen LogP contribution >= 0.6 is 11.3 Å². The molecule has 0 atom stereocenters. The number of thiophene rings is 1. The van der Waals surface area contributed by atoms with Crippen LogP contribution in [-0.2, 0) is 5.41 Å². The number of nitrogens with zero attached hydrogens (tertiary/aromatic N) is 3. The van der Waals surface area contributed by atoms with Crippen LogP contribution < -0.4 is 4.74 Å². The van der Waals surface area contributed by atoms with Gasteiger partial charge in [0.15, 0.2) is 5.82 Å². The van der Waals surface area contributed by atoms with E-state index in [2.05, 4.69) is 158 Å². The predicted molar refractivity (Wildman–Crippen MR) is 216 cm³/mol. The quantitative estimate of drug-likeness (QED) is 0.169. The number of para-hydroxylation sites is 3. The van der Waals surface area contributed by atoms with Crippen LogP contribution in [0.1, 0.15) is 22.3 Å². The minimum Gasteiger partial charge on any atom is -0.457 e. The van der Waals surface area contributed by atoms with Gasteiger partial charge in [-0.2, -0.15) is 0 Å². The first-order valence-electron chi connectivity index (χ1n) is 17.9. The number of fused-ring (bicyclic) bond motifs is 15. The van der Waals surface area contributed by atoms with Gasteiger partial charge in [-0.15, -0.1) is 11.3 Å². The number of rotatable bonds is 2. The first-order chi connectivity index (χ1) is 26.3. The number of benzene rings is 7. The first kappa shape index (κ1) is 28.9. The van der Waals surface area contributed by atoms with Gasteiger partial charge in [-0.25, -0.2) is 15.0 Å². The van der Waals surface area contributed by atoms with Gasteiger partial charge in [0, 0.05) is 37.5 Å². The van der Waals surface area contributed by atoms with Crippen LogP contribution in [0.2, 0.25) is 0 Å². The maximum atomic E-state index is 6.60. The Balaban J connectivity index is 1.22. The van der Waals surface area contributed by atoms with Crippen LogP contribution in [0.15, 0.2) is 164 Å². The molecule has 4 heterocycles. The maximum Gasteiger partial charge on any atom is 0.180 e. The molecule has 12 rings (SSSR count). The Kier molecular flexibility index (Phi) is 5.83. The first-order valence-corrected chi connectivity index (χ1v) is 18.7. The molecule has 5 heteroatoms. The van der Waals surface area contributed by atoms with Crippen molar-refractivity contribution in [3.63, 3.8) is 0 Å². The van der Waals surface area contributed by atoms with Gasteiger partial charge in [0.25, 0.3) is 0 Å². The Labute approximate surface area is 308 Å². The highest BCUT2D eigenvalue weighted by atomic mass is 32.1. The Hall–Kier alpha value is -6.69. The lowest BCUT2D eigenvalue weighted by Crippen LogP contribution is -2.32. The van der Waals surface area contributed by atoms with Crippen molar-refractivity contribution in [3.05, 3.63) is 186 Å². The summed E-state index contributed by atoms with van der Waals surface area (Å²) in [6.45, 7) is 0. The maximum absolute atomic E-state index is 6.60. The molecule has 7 aromatic carbocycles. The van der Waals surface area contributed by atoms with Crippen molar-refractivity contribution in [1.29, 1.82) is 0 Å². The largest absolute Gasteiger partial charge is 0.457 e. The summed E-state index contributed by atoms with van der Waals surface area (Å²) in [5.41, 5.74) is 11.2. The van der Waals surface area contributed by atoms with E-state index in [-0.39, 0.29) is 0 Å². The highest BCUT2D eigenvalue weighted by Gasteiger charge is 2.51. The van der Waals surface area contributed by atoms with E-state index in [9.17, 15) is 0 Å². The molecule has 1 aliphatic heterocycles. The number of aromatic nitrogens is 3. The topological polar surface area (TPSA) is 47.9 Å². The number of pyridine rings is 1. The summed E-state index contributed by atoms with van der Waals surface area (Å²) in [7, 11) is 0. The third-order valence-electron chi connectivity index (χ3n) is 11.2. The fourth-order valence-corrected chi connectivity index (χ4v) is 10.2. The summed E-state index contributed by atoms with van der Waals surface area (Å²) in [5.74, 6) is 2.38. The zero-order valence-electron chi connectivity index (χ0n) is 28.2. The second kappa shape index (κ2) is 10.7. The lowest BCUT2D eigenvalue weighted by molar-refractivity contribution is 0.436. The van der Waals surface area contributed by atoms with Gasteiger partial charge in [0.05, 0.1) is 26.8 Å². The van der Waals surface area contributed by atoms with E-state index in [1.807, 2.05) is 6.07 Å². The SMILES string of the molecule is c1ccc2c(c1)Oc1ccccc1C21c2ccccc2-c2c(-c3nc(-c4nc5ccccc5c5ccccc45)nc4c3sc3ccccc34)cccc21. The van der Waals surface area contributed by atoms with Gasteiger partial charge < -0.3 is 4.74 Å². The molecular formula is C48H27N3OS. The van der Waals surface area contributed by atoms with Crippen LogP contribution in [-0.4, -0.2) is 15.0 Å². The molecule has 4 nitrogen and oxygen atoms in total. The predicted octanol–water partition coefficient (Wildman–Crippen LogP) is 12.3. The normalized spacial score (nSPS) is 13.6. The molecule has 2 aliphatic rings. The summed E-state index contributed by atoms with van der Waals surface area (Å²) in [4.78, 5) is 16.2. The fraction of sp³-hybridized carbons (Fsp3) is 0.0208. The van der Waals surface area contributed by atoms with Crippen LogP contribution in [0.3, 0.4) is 0 Å². The number of hydrogen-bond donors (Lipinski definition) is 0. The molecule has 0 unspecified atom stereocenters. The van der Waals surface area contributed by atoms with E-state index < -0.39 is 5.41 Å². The van der Waals surface area contributed by atoms with Crippen LogP contribution in [0.4, 0.5) is 0 Å². The molecule has 53 heavy (non-hydrogen) atoms. The van der Waals surface area contributed by atoms with Crippen molar-refractivity contribution in [2.75, 3.05) is 0 Å². The second-order valence-corrected chi connectivity index (χ2v) is 14.9. The molecule has 1 aliphatic carbocycles. The average molecular weight is 694 g/mol. The van der Waals surface area contributed by atoms with Crippen LogP contribution in [0.5, 0.6) is 11.5 Å². The van der Waals surface area contributed by atoms with E-state index in [1.165, 1.54) is 27.0 Å². The monoisotopic (exact) mass is 693 g/mol. The fourth-order valence-electron chi connectivity index (χ4n) is 9.05. The summed E-state index contributed by atoms with van der Waals surface area (Å²) in [5, 5.41) is 4.42. The van der Waals surface area contributed by atoms with E-state index in [1.54, 1.807) is 11.3 Å². The summed E-state index contributed by atoms with van der Waals surface area (Å²) in [6.07, 6.45) is 0. The number of hydrogen-bond acceptors (Lipinski definition) is 5. The van der Waals surface area contributed by atoms with Crippen LogP contribution in [0, 0.1) is 0 Å². The molecule has 0 radical (unpaired) electrons. The molecule has 1 spiro atoms.